The fraction of sp³-hybridized carbons (Fsp3) is 0.0882. The molecular weight excluding hydrogens is 500 g/mol. The van der Waals surface area contributed by atoms with Crippen LogP contribution < -0.4 is 4.72 Å². The van der Waals surface area contributed by atoms with E-state index in [1.807, 2.05) is 128 Å². The molecule has 0 amide bonds. The number of amidine groups is 1. The Morgan fingerprint density at radius 2 is 1.03 bits per heavy atom. The van der Waals surface area contributed by atoms with E-state index in [-0.39, 0.29) is 4.90 Å². The first kappa shape index (κ1) is 26.1. The highest BCUT2D eigenvalue weighted by atomic mass is 32.2. The average molecular weight is 531 g/mol. The van der Waals surface area contributed by atoms with Crippen LogP contribution in [0.1, 0.15) is 27.8 Å². The number of nitrogens with zero attached hydrogens (tertiary/aromatic N) is 1. The number of aryl methyl sites for hydroxylation is 1. The lowest BCUT2D eigenvalue weighted by molar-refractivity contribution is 0.590. The largest absolute Gasteiger partial charge is 0.267 e. The lowest BCUT2D eigenvalue weighted by Crippen LogP contribution is -2.37. The van der Waals surface area contributed by atoms with Gasteiger partial charge in [0.25, 0.3) is 10.0 Å². The molecule has 0 aliphatic rings. The van der Waals surface area contributed by atoms with E-state index in [1.165, 1.54) is 0 Å². The van der Waals surface area contributed by atoms with Crippen molar-refractivity contribution in [2.45, 2.75) is 23.8 Å². The molecule has 5 aromatic rings. The van der Waals surface area contributed by atoms with Crippen LogP contribution in [0, 0.1) is 6.92 Å². The minimum atomic E-state index is -3.90. The van der Waals surface area contributed by atoms with Gasteiger partial charge in [0.05, 0.1) is 4.90 Å². The van der Waals surface area contributed by atoms with Gasteiger partial charge in [-0.1, -0.05) is 139 Å². The van der Waals surface area contributed by atoms with Gasteiger partial charge in [0.2, 0.25) is 0 Å². The van der Waals surface area contributed by atoms with Crippen LogP contribution in [0.3, 0.4) is 0 Å². The maximum Gasteiger partial charge on any atom is 0.262 e. The molecule has 0 spiro atoms. The summed E-state index contributed by atoms with van der Waals surface area (Å²) < 4.78 is 30.2. The third-order valence-electron chi connectivity index (χ3n) is 6.68. The number of rotatable bonds is 8. The van der Waals surface area contributed by atoms with Crippen molar-refractivity contribution in [3.05, 3.63) is 173 Å². The highest BCUT2D eigenvalue weighted by Gasteiger charge is 2.37. The molecule has 0 fully saturated rings. The number of hydrogen-bond donors (Lipinski definition) is 1. The van der Waals surface area contributed by atoms with Crippen LogP contribution in [0.5, 0.6) is 0 Å². The van der Waals surface area contributed by atoms with Gasteiger partial charge in [0, 0.05) is 6.42 Å². The van der Waals surface area contributed by atoms with Gasteiger partial charge < -0.3 is 0 Å². The van der Waals surface area contributed by atoms with Crippen molar-refractivity contribution in [3.8, 4) is 0 Å². The lowest BCUT2D eigenvalue weighted by atomic mass is 9.77. The predicted molar refractivity (Wildman–Crippen MR) is 158 cm³/mol. The second-order valence-corrected chi connectivity index (χ2v) is 11.1. The van der Waals surface area contributed by atoms with E-state index in [2.05, 4.69) is 4.72 Å². The average Bonchev–Trinajstić information content (AvgIpc) is 2.98. The minimum Gasteiger partial charge on any atom is -0.267 e. The van der Waals surface area contributed by atoms with E-state index >= 15 is 0 Å². The Labute approximate surface area is 230 Å². The monoisotopic (exact) mass is 530 g/mol. The Hall–Kier alpha value is -4.48. The summed E-state index contributed by atoms with van der Waals surface area (Å²) in [5, 5.41) is 0. The van der Waals surface area contributed by atoms with E-state index in [0.717, 1.165) is 27.8 Å². The van der Waals surface area contributed by atoms with E-state index in [4.69, 9.17) is 4.99 Å². The highest BCUT2D eigenvalue weighted by molar-refractivity contribution is 7.90. The first-order valence-electron chi connectivity index (χ1n) is 12.9. The molecule has 0 saturated heterocycles. The minimum absolute atomic E-state index is 0.193. The number of benzene rings is 5. The molecule has 5 heteroatoms. The molecule has 0 aliphatic heterocycles. The Bertz CT molecular complexity index is 1540. The van der Waals surface area contributed by atoms with Gasteiger partial charge in [-0.15, -0.1) is 0 Å². The van der Waals surface area contributed by atoms with Crippen molar-refractivity contribution < 1.29 is 8.42 Å². The molecule has 0 bridgehead atoms. The van der Waals surface area contributed by atoms with Crippen molar-refractivity contribution in [2.24, 2.45) is 4.99 Å². The summed E-state index contributed by atoms with van der Waals surface area (Å²) in [6, 6.07) is 46.7. The van der Waals surface area contributed by atoms with Gasteiger partial charge in [-0.05, 0) is 41.3 Å². The molecule has 5 aromatic carbocycles. The predicted octanol–water partition coefficient (Wildman–Crippen LogP) is 6.91. The van der Waals surface area contributed by atoms with Crippen LogP contribution >= 0.6 is 0 Å². The summed E-state index contributed by atoms with van der Waals surface area (Å²) in [5.74, 6) is 0.346. The maximum absolute atomic E-state index is 13.6. The van der Waals surface area contributed by atoms with Gasteiger partial charge >= 0.3 is 0 Å². The molecule has 0 radical (unpaired) electrons. The third-order valence-corrected chi connectivity index (χ3v) is 8.07. The van der Waals surface area contributed by atoms with Crippen molar-refractivity contribution >= 4 is 15.9 Å². The summed E-state index contributed by atoms with van der Waals surface area (Å²) in [4.78, 5) is 5.56. The summed E-state index contributed by atoms with van der Waals surface area (Å²) in [5.41, 5.74) is 3.74. The van der Waals surface area contributed by atoms with E-state index in [0.29, 0.717) is 12.3 Å². The van der Waals surface area contributed by atoms with E-state index in [9.17, 15) is 8.42 Å². The molecule has 0 saturated carbocycles. The van der Waals surface area contributed by atoms with Gasteiger partial charge in [0.1, 0.15) is 11.4 Å². The Morgan fingerprint density at radius 3 is 1.46 bits per heavy atom. The summed E-state index contributed by atoms with van der Waals surface area (Å²) >= 11 is 0. The van der Waals surface area contributed by atoms with Crippen LogP contribution in [0.15, 0.2) is 155 Å². The first-order chi connectivity index (χ1) is 19.0. The topological polar surface area (TPSA) is 58.5 Å². The molecule has 39 heavy (non-hydrogen) atoms. The molecule has 0 aliphatic carbocycles. The standard InChI is InChI=1S/C34H30N2O2S/c1-27-22-24-32(25-23-27)39(37,38)36-33(26-28-14-6-2-7-15-28)35-34(29-16-8-3-9-17-29,30-18-10-4-11-19-30)31-20-12-5-13-21-31/h2-25H,26H2,1H3,(H,35,36). The maximum atomic E-state index is 13.6. The summed E-state index contributed by atoms with van der Waals surface area (Å²) in [6.07, 6.45) is 0.306. The Morgan fingerprint density at radius 1 is 0.615 bits per heavy atom. The van der Waals surface area contributed by atoms with Crippen molar-refractivity contribution in [1.82, 2.24) is 4.72 Å². The lowest BCUT2D eigenvalue weighted by Gasteiger charge is -2.33. The Kier molecular flexibility index (Phi) is 7.71. The second kappa shape index (κ2) is 11.5. The number of hydrogen-bond acceptors (Lipinski definition) is 3. The van der Waals surface area contributed by atoms with Gasteiger partial charge in [0.15, 0.2) is 0 Å². The molecule has 0 aromatic heterocycles. The molecule has 0 atom stereocenters. The Balaban J connectivity index is 1.76. The van der Waals surface area contributed by atoms with Crippen LogP contribution in [0.4, 0.5) is 0 Å². The van der Waals surface area contributed by atoms with Crippen molar-refractivity contribution in [3.63, 3.8) is 0 Å². The third kappa shape index (κ3) is 5.84. The summed E-state index contributed by atoms with van der Waals surface area (Å²) in [7, 11) is -3.90. The van der Waals surface area contributed by atoms with Crippen LogP contribution in [0.25, 0.3) is 0 Å². The van der Waals surface area contributed by atoms with Crippen LogP contribution in [-0.2, 0) is 22.0 Å². The zero-order valence-electron chi connectivity index (χ0n) is 21.7. The number of nitrogens with one attached hydrogen (secondary N) is 1. The van der Waals surface area contributed by atoms with Crippen molar-refractivity contribution in [2.75, 3.05) is 0 Å². The first-order valence-corrected chi connectivity index (χ1v) is 14.3. The fourth-order valence-corrected chi connectivity index (χ4v) is 5.79. The molecule has 1 N–H and O–H groups in total. The molecule has 0 heterocycles. The van der Waals surface area contributed by atoms with Crippen molar-refractivity contribution in [1.29, 1.82) is 0 Å². The molecular formula is C34H30N2O2S. The van der Waals surface area contributed by atoms with E-state index in [1.54, 1.807) is 24.3 Å². The fourth-order valence-electron chi connectivity index (χ4n) is 4.75. The molecule has 4 nitrogen and oxygen atoms in total. The zero-order valence-corrected chi connectivity index (χ0v) is 22.6. The zero-order chi connectivity index (χ0) is 27.1. The molecule has 5 rings (SSSR count). The quantitative estimate of drug-likeness (QED) is 0.135. The smallest absolute Gasteiger partial charge is 0.262 e. The van der Waals surface area contributed by atoms with E-state index < -0.39 is 15.6 Å². The normalized spacial score (nSPS) is 12.2. The van der Waals surface area contributed by atoms with Crippen LogP contribution in [-0.4, -0.2) is 14.3 Å². The molecule has 0 unspecified atom stereocenters. The second-order valence-electron chi connectivity index (χ2n) is 9.45. The number of aliphatic imine (C=N–C) groups is 1. The van der Waals surface area contributed by atoms with Gasteiger partial charge in [-0.25, -0.2) is 8.42 Å². The SMILES string of the molecule is Cc1ccc(S(=O)(=O)NC(Cc2ccccc2)=NC(c2ccccc2)(c2ccccc2)c2ccccc2)cc1. The van der Waals surface area contributed by atoms with Gasteiger partial charge in [-0.2, -0.15) is 0 Å². The van der Waals surface area contributed by atoms with Crippen LogP contribution in [0.2, 0.25) is 0 Å². The number of sulfonamides is 1. The molecule has 194 valence electrons. The highest BCUT2D eigenvalue weighted by Crippen LogP contribution is 2.41. The van der Waals surface area contributed by atoms with Gasteiger partial charge in [-0.3, -0.25) is 9.71 Å². The summed E-state index contributed by atoms with van der Waals surface area (Å²) in [6.45, 7) is 1.93.